The van der Waals surface area contributed by atoms with Gasteiger partial charge >= 0.3 is 5.97 Å². The second-order valence-electron chi connectivity index (χ2n) is 3.48. The van der Waals surface area contributed by atoms with Gasteiger partial charge in [-0.2, -0.15) is 0 Å². The van der Waals surface area contributed by atoms with Crippen LogP contribution in [0.3, 0.4) is 0 Å². The lowest BCUT2D eigenvalue weighted by Gasteiger charge is -2.18. The first-order chi connectivity index (χ1) is 7.15. The molecule has 1 heterocycles. The third kappa shape index (κ3) is 3.60. The molecule has 5 heteroatoms. The smallest absolute Gasteiger partial charge is 0.320 e. The van der Waals surface area contributed by atoms with Crippen LogP contribution in [0.2, 0.25) is 0 Å². The molecule has 2 unspecified atom stereocenters. The number of carboxylic acids is 1. The first kappa shape index (κ1) is 12.1. The molecule has 1 aromatic rings. The average molecular weight is 228 g/mol. The maximum Gasteiger partial charge on any atom is 0.320 e. The van der Waals surface area contributed by atoms with Gasteiger partial charge in [-0.15, -0.1) is 11.3 Å². The summed E-state index contributed by atoms with van der Waals surface area (Å²) in [6.45, 7) is 3.91. The summed E-state index contributed by atoms with van der Waals surface area (Å²) in [5.41, 5.74) is 2.66. The van der Waals surface area contributed by atoms with E-state index in [0.717, 1.165) is 12.1 Å². The van der Waals surface area contributed by atoms with Gasteiger partial charge in [-0.25, -0.2) is 4.98 Å². The zero-order valence-corrected chi connectivity index (χ0v) is 9.75. The molecule has 0 aliphatic heterocycles. The van der Waals surface area contributed by atoms with Crippen LogP contribution < -0.4 is 5.32 Å². The topological polar surface area (TPSA) is 62.2 Å². The van der Waals surface area contributed by atoms with Crippen LogP contribution in [0.5, 0.6) is 0 Å². The van der Waals surface area contributed by atoms with Crippen molar-refractivity contribution in [3.63, 3.8) is 0 Å². The molecule has 0 aliphatic rings. The summed E-state index contributed by atoms with van der Waals surface area (Å²) >= 11 is 1.52. The third-order valence-electron chi connectivity index (χ3n) is 2.22. The van der Waals surface area contributed by atoms with Gasteiger partial charge in [-0.3, -0.25) is 10.1 Å². The van der Waals surface area contributed by atoms with Crippen LogP contribution in [0.1, 0.15) is 38.4 Å². The van der Waals surface area contributed by atoms with Gasteiger partial charge in [0, 0.05) is 11.4 Å². The Balaban J connectivity index is 2.54. The number of carbonyl (C=O) groups is 1. The second kappa shape index (κ2) is 5.82. The van der Waals surface area contributed by atoms with Crippen LogP contribution >= 0.6 is 11.3 Å². The summed E-state index contributed by atoms with van der Waals surface area (Å²) in [7, 11) is 0. The normalized spacial score (nSPS) is 14.8. The second-order valence-corrected chi connectivity index (χ2v) is 4.20. The van der Waals surface area contributed by atoms with Crippen molar-refractivity contribution in [3.8, 4) is 0 Å². The van der Waals surface area contributed by atoms with Crippen molar-refractivity contribution in [1.82, 2.24) is 10.3 Å². The van der Waals surface area contributed by atoms with E-state index in [9.17, 15) is 4.79 Å². The van der Waals surface area contributed by atoms with Crippen molar-refractivity contribution in [2.24, 2.45) is 0 Å². The maximum atomic E-state index is 10.9. The lowest BCUT2D eigenvalue weighted by Crippen LogP contribution is -2.38. The Kier molecular flexibility index (Phi) is 4.71. The Hall–Kier alpha value is -0.940. The van der Waals surface area contributed by atoms with E-state index in [4.69, 9.17) is 5.11 Å². The van der Waals surface area contributed by atoms with E-state index in [1.54, 1.807) is 5.51 Å². The monoisotopic (exact) mass is 228 g/mol. The van der Waals surface area contributed by atoms with Crippen LogP contribution in [0.25, 0.3) is 0 Å². The molecular weight excluding hydrogens is 212 g/mol. The van der Waals surface area contributed by atoms with Gasteiger partial charge in [0.05, 0.1) is 11.2 Å². The molecule has 0 amide bonds. The van der Waals surface area contributed by atoms with E-state index >= 15 is 0 Å². The van der Waals surface area contributed by atoms with E-state index in [1.807, 2.05) is 19.2 Å². The Morgan fingerprint density at radius 3 is 2.93 bits per heavy atom. The number of aromatic nitrogens is 1. The molecule has 1 rings (SSSR count). The first-order valence-electron chi connectivity index (χ1n) is 5.02. The molecule has 0 saturated carbocycles. The first-order valence-corrected chi connectivity index (χ1v) is 5.96. The van der Waals surface area contributed by atoms with Crippen LogP contribution in [0.15, 0.2) is 10.9 Å². The van der Waals surface area contributed by atoms with Gasteiger partial charge in [0.2, 0.25) is 0 Å². The summed E-state index contributed by atoms with van der Waals surface area (Å²) < 4.78 is 0. The Labute approximate surface area is 93.4 Å². The number of rotatable bonds is 6. The van der Waals surface area contributed by atoms with Crippen molar-refractivity contribution < 1.29 is 9.90 Å². The van der Waals surface area contributed by atoms with Crippen LogP contribution in [-0.2, 0) is 4.79 Å². The average Bonchev–Trinajstić information content (AvgIpc) is 2.69. The van der Waals surface area contributed by atoms with Crippen molar-refractivity contribution in [2.45, 2.75) is 38.8 Å². The molecule has 0 spiro atoms. The van der Waals surface area contributed by atoms with E-state index < -0.39 is 12.0 Å². The standard InChI is InChI=1S/C10H16N2O2S/c1-3-4-8(10(13)14)12-7(2)9-5-15-6-11-9/h5-8,12H,3-4H2,1-2H3,(H,13,14). The molecule has 0 bridgehead atoms. The molecule has 0 saturated heterocycles. The quantitative estimate of drug-likeness (QED) is 0.782. The molecule has 84 valence electrons. The van der Waals surface area contributed by atoms with E-state index in [2.05, 4.69) is 10.3 Å². The minimum atomic E-state index is -0.793. The number of thiazole rings is 1. The van der Waals surface area contributed by atoms with E-state index in [0.29, 0.717) is 6.42 Å². The minimum absolute atomic E-state index is 0.0103. The van der Waals surface area contributed by atoms with Gasteiger partial charge in [-0.1, -0.05) is 13.3 Å². The number of hydrogen-bond acceptors (Lipinski definition) is 4. The SMILES string of the molecule is CCCC(NC(C)c1cscn1)C(=O)O. The highest BCUT2D eigenvalue weighted by molar-refractivity contribution is 7.07. The molecule has 2 atom stereocenters. The van der Waals surface area contributed by atoms with Crippen molar-refractivity contribution in [1.29, 1.82) is 0 Å². The molecule has 0 radical (unpaired) electrons. The maximum absolute atomic E-state index is 10.9. The van der Waals surface area contributed by atoms with Crippen LogP contribution in [-0.4, -0.2) is 22.1 Å². The minimum Gasteiger partial charge on any atom is -0.480 e. The van der Waals surface area contributed by atoms with E-state index in [-0.39, 0.29) is 6.04 Å². The van der Waals surface area contributed by atoms with Gasteiger partial charge in [0.25, 0.3) is 0 Å². The highest BCUT2D eigenvalue weighted by Crippen LogP contribution is 2.13. The van der Waals surface area contributed by atoms with Gasteiger partial charge in [-0.05, 0) is 13.3 Å². The lowest BCUT2D eigenvalue weighted by atomic mass is 10.1. The summed E-state index contributed by atoms with van der Waals surface area (Å²) in [5.74, 6) is -0.793. The fraction of sp³-hybridized carbons (Fsp3) is 0.600. The molecule has 0 aromatic carbocycles. The van der Waals surface area contributed by atoms with Gasteiger partial charge in [0.1, 0.15) is 6.04 Å². The molecule has 4 nitrogen and oxygen atoms in total. The summed E-state index contributed by atoms with van der Waals surface area (Å²) in [4.78, 5) is 15.1. The lowest BCUT2D eigenvalue weighted by molar-refractivity contribution is -0.139. The van der Waals surface area contributed by atoms with Crippen molar-refractivity contribution in [3.05, 3.63) is 16.6 Å². The van der Waals surface area contributed by atoms with E-state index in [1.165, 1.54) is 11.3 Å². The summed E-state index contributed by atoms with van der Waals surface area (Å²) in [6, 6.07) is -0.490. The number of nitrogens with zero attached hydrogens (tertiary/aromatic N) is 1. The molecule has 0 fully saturated rings. The van der Waals surface area contributed by atoms with Gasteiger partial charge in [0.15, 0.2) is 0 Å². The largest absolute Gasteiger partial charge is 0.480 e. The zero-order valence-electron chi connectivity index (χ0n) is 8.93. The summed E-state index contributed by atoms with van der Waals surface area (Å²) in [6.07, 6.45) is 1.50. The molecule has 2 N–H and O–H groups in total. The number of nitrogens with one attached hydrogen (secondary N) is 1. The molecule has 1 aromatic heterocycles. The Morgan fingerprint density at radius 1 is 1.73 bits per heavy atom. The van der Waals surface area contributed by atoms with Crippen LogP contribution in [0, 0.1) is 0 Å². The van der Waals surface area contributed by atoms with Crippen molar-refractivity contribution in [2.75, 3.05) is 0 Å². The molecule has 0 aliphatic carbocycles. The Morgan fingerprint density at radius 2 is 2.47 bits per heavy atom. The molecule has 15 heavy (non-hydrogen) atoms. The predicted molar refractivity (Wildman–Crippen MR) is 60.0 cm³/mol. The Bertz CT molecular complexity index is 300. The summed E-state index contributed by atoms with van der Waals surface area (Å²) in [5, 5.41) is 14.0. The third-order valence-corrected chi connectivity index (χ3v) is 2.83. The highest BCUT2D eigenvalue weighted by Gasteiger charge is 2.19. The number of carboxylic acid groups (broad SMARTS) is 1. The number of hydrogen-bond donors (Lipinski definition) is 2. The fourth-order valence-electron chi connectivity index (χ4n) is 1.39. The van der Waals surface area contributed by atoms with Gasteiger partial charge < -0.3 is 5.11 Å². The molecular formula is C10H16N2O2S. The fourth-order valence-corrected chi connectivity index (χ4v) is 2.04. The van der Waals surface area contributed by atoms with Crippen molar-refractivity contribution >= 4 is 17.3 Å². The zero-order chi connectivity index (χ0) is 11.3. The number of aliphatic carboxylic acids is 1. The predicted octanol–water partition coefficient (Wildman–Crippen LogP) is 2.05. The van der Waals surface area contributed by atoms with Crippen LogP contribution in [0.4, 0.5) is 0 Å². The highest BCUT2D eigenvalue weighted by atomic mass is 32.1.